The van der Waals surface area contributed by atoms with Crippen molar-refractivity contribution in [1.29, 1.82) is 0 Å². The fraction of sp³-hybridized carbons (Fsp3) is 0.375. The summed E-state index contributed by atoms with van der Waals surface area (Å²) in [7, 11) is 0. The summed E-state index contributed by atoms with van der Waals surface area (Å²) in [6.07, 6.45) is 5.64. The Kier molecular flexibility index (Phi) is 5.27. The normalized spacial score (nSPS) is 17.9. The summed E-state index contributed by atoms with van der Waals surface area (Å²) in [5.74, 6) is -0.343. The first-order valence-corrected chi connectivity index (χ1v) is 7.93. The van der Waals surface area contributed by atoms with E-state index in [4.69, 9.17) is 21.2 Å². The van der Waals surface area contributed by atoms with E-state index in [1.54, 1.807) is 10.9 Å². The predicted octanol–water partition coefficient (Wildman–Crippen LogP) is 2.77. The number of ether oxygens (including phenoxy) is 1. The number of rotatable bonds is 5. The first-order valence-electron chi connectivity index (χ1n) is 7.56. The van der Waals surface area contributed by atoms with Gasteiger partial charge in [-0.2, -0.15) is 5.10 Å². The van der Waals surface area contributed by atoms with Crippen LogP contribution in [-0.2, 0) is 16.1 Å². The van der Waals surface area contributed by atoms with E-state index in [0.717, 1.165) is 24.8 Å². The van der Waals surface area contributed by atoms with Gasteiger partial charge in [0.1, 0.15) is 0 Å². The van der Waals surface area contributed by atoms with Crippen LogP contribution in [0.2, 0.25) is 5.02 Å². The highest BCUT2D eigenvalue weighted by atomic mass is 35.5. The third-order valence-corrected chi connectivity index (χ3v) is 3.98. The molecule has 0 unspecified atom stereocenters. The third-order valence-electron chi connectivity index (χ3n) is 3.61. The van der Waals surface area contributed by atoms with E-state index in [9.17, 15) is 4.79 Å². The fourth-order valence-electron chi connectivity index (χ4n) is 2.35. The van der Waals surface area contributed by atoms with Crippen LogP contribution in [0.5, 0.6) is 0 Å². The molecule has 1 fully saturated rings. The van der Waals surface area contributed by atoms with Crippen molar-refractivity contribution < 1.29 is 14.4 Å². The Bertz CT molecular complexity index is 668. The number of nitrogens with one attached hydrogen (secondary N) is 1. The Morgan fingerprint density at radius 3 is 3.09 bits per heavy atom. The molecule has 1 amide bonds. The van der Waals surface area contributed by atoms with Gasteiger partial charge in [-0.3, -0.25) is 9.48 Å². The topological polar surface area (TPSA) is 65.4 Å². The second kappa shape index (κ2) is 7.59. The van der Waals surface area contributed by atoms with Crippen LogP contribution in [0, 0.1) is 0 Å². The molecule has 0 radical (unpaired) electrons. The minimum Gasteiger partial charge on any atom is -0.350 e. The van der Waals surface area contributed by atoms with Crippen LogP contribution < -0.4 is 5.48 Å². The van der Waals surface area contributed by atoms with E-state index < -0.39 is 0 Å². The minimum atomic E-state index is -0.370. The molecule has 23 heavy (non-hydrogen) atoms. The minimum absolute atomic E-state index is 0.343. The Labute approximate surface area is 139 Å². The maximum Gasteiger partial charge on any atom is 0.278 e. The smallest absolute Gasteiger partial charge is 0.278 e. The molecule has 1 saturated heterocycles. The highest BCUT2D eigenvalue weighted by Gasteiger charge is 2.17. The first kappa shape index (κ1) is 16.0. The van der Waals surface area contributed by atoms with E-state index in [1.807, 2.05) is 24.3 Å². The van der Waals surface area contributed by atoms with Crippen LogP contribution in [0.3, 0.4) is 0 Å². The number of hydroxylamine groups is 1. The second-order valence-electron chi connectivity index (χ2n) is 5.36. The highest BCUT2D eigenvalue weighted by Crippen LogP contribution is 2.16. The van der Waals surface area contributed by atoms with Crippen molar-refractivity contribution in [2.75, 3.05) is 6.61 Å². The van der Waals surface area contributed by atoms with Gasteiger partial charge in [0.15, 0.2) is 6.29 Å². The lowest BCUT2D eigenvalue weighted by Crippen LogP contribution is -2.32. The third kappa shape index (κ3) is 4.31. The molecule has 7 heteroatoms. The van der Waals surface area contributed by atoms with Gasteiger partial charge in [-0.15, -0.1) is 0 Å². The van der Waals surface area contributed by atoms with Crippen LogP contribution >= 0.6 is 11.6 Å². The van der Waals surface area contributed by atoms with Gasteiger partial charge in [-0.1, -0.05) is 29.8 Å². The lowest BCUT2D eigenvalue weighted by molar-refractivity contribution is -0.186. The number of aromatic nitrogens is 2. The zero-order valence-corrected chi connectivity index (χ0v) is 13.3. The molecule has 2 heterocycles. The van der Waals surface area contributed by atoms with E-state index in [-0.39, 0.29) is 12.2 Å². The molecule has 1 aliphatic heterocycles. The highest BCUT2D eigenvalue weighted by molar-refractivity contribution is 6.31. The number of carbonyl (C=O) groups excluding carboxylic acids is 1. The second-order valence-corrected chi connectivity index (χ2v) is 5.77. The standard InChI is InChI=1S/C16H18ClN3O3/c17-14-6-2-1-5-12(14)10-20-11-13(9-18-20)16(21)19-23-15-7-3-4-8-22-15/h1-2,5-6,9,11,15H,3-4,7-8,10H2,(H,19,21)/t15-/m1/s1. The lowest BCUT2D eigenvalue weighted by Gasteiger charge is -2.21. The number of hydrogen-bond acceptors (Lipinski definition) is 4. The van der Waals surface area contributed by atoms with Gasteiger partial charge in [0.25, 0.3) is 5.91 Å². The van der Waals surface area contributed by atoms with Gasteiger partial charge < -0.3 is 4.74 Å². The van der Waals surface area contributed by atoms with Gasteiger partial charge in [0.05, 0.1) is 18.3 Å². The molecule has 1 aromatic heterocycles. The molecule has 2 aromatic rings. The van der Waals surface area contributed by atoms with E-state index >= 15 is 0 Å². The maximum atomic E-state index is 12.0. The molecule has 1 aliphatic rings. The van der Waals surface area contributed by atoms with E-state index in [2.05, 4.69) is 10.6 Å². The van der Waals surface area contributed by atoms with Crippen molar-refractivity contribution in [1.82, 2.24) is 15.3 Å². The summed E-state index contributed by atoms with van der Waals surface area (Å²) in [4.78, 5) is 17.3. The zero-order chi connectivity index (χ0) is 16.1. The van der Waals surface area contributed by atoms with Crippen molar-refractivity contribution in [2.24, 2.45) is 0 Å². The van der Waals surface area contributed by atoms with Crippen LogP contribution in [0.4, 0.5) is 0 Å². The molecular formula is C16H18ClN3O3. The molecule has 0 saturated carbocycles. The summed E-state index contributed by atoms with van der Waals surface area (Å²) in [5.41, 5.74) is 3.78. The molecule has 0 bridgehead atoms. The van der Waals surface area contributed by atoms with Gasteiger partial charge >= 0.3 is 0 Å². The summed E-state index contributed by atoms with van der Waals surface area (Å²) < 4.78 is 7.05. The lowest BCUT2D eigenvalue weighted by atomic mass is 10.2. The average Bonchev–Trinajstić information content (AvgIpc) is 3.04. The van der Waals surface area contributed by atoms with Gasteiger partial charge in [-0.25, -0.2) is 10.3 Å². The molecule has 1 aromatic carbocycles. The molecule has 1 atom stereocenters. The van der Waals surface area contributed by atoms with Crippen molar-refractivity contribution >= 4 is 17.5 Å². The molecule has 3 rings (SSSR count). The van der Waals surface area contributed by atoms with Crippen LogP contribution in [0.25, 0.3) is 0 Å². The quantitative estimate of drug-likeness (QED) is 0.853. The van der Waals surface area contributed by atoms with Crippen LogP contribution in [-0.4, -0.2) is 28.6 Å². The summed E-state index contributed by atoms with van der Waals surface area (Å²) in [6, 6.07) is 7.54. The SMILES string of the molecule is O=C(NO[C@@H]1CCCCO1)c1cnn(Cc2ccccc2Cl)c1. The molecule has 6 nitrogen and oxygen atoms in total. The van der Waals surface area contributed by atoms with Crippen LogP contribution in [0.1, 0.15) is 35.2 Å². The Balaban J connectivity index is 1.55. The van der Waals surface area contributed by atoms with Crippen LogP contribution in [0.15, 0.2) is 36.7 Å². The zero-order valence-electron chi connectivity index (χ0n) is 12.6. The number of halogens is 1. The van der Waals surface area contributed by atoms with E-state index in [1.165, 1.54) is 6.20 Å². The Morgan fingerprint density at radius 1 is 1.43 bits per heavy atom. The molecule has 1 N–H and O–H groups in total. The van der Waals surface area contributed by atoms with Crippen molar-refractivity contribution in [3.05, 3.63) is 52.8 Å². The summed E-state index contributed by atoms with van der Waals surface area (Å²) in [5, 5.41) is 4.85. The first-order chi connectivity index (χ1) is 11.2. The van der Waals surface area contributed by atoms with Crippen molar-refractivity contribution in [3.63, 3.8) is 0 Å². The molecule has 122 valence electrons. The monoisotopic (exact) mass is 335 g/mol. The molecule has 0 spiro atoms. The largest absolute Gasteiger partial charge is 0.350 e. The van der Waals surface area contributed by atoms with Gasteiger partial charge in [0.2, 0.25) is 0 Å². The summed E-state index contributed by atoms with van der Waals surface area (Å²) >= 11 is 6.12. The van der Waals surface area contributed by atoms with Gasteiger partial charge in [-0.05, 0) is 24.5 Å². The number of hydrogen-bond donors (Lipinski definition) is 1. The van der Waals surface area contributed by atoms with Gasteiger partial charge in [0, 0.05) is 24.2 Å². The summed E-state index contributed by atoms with van der Waals surface area (Å²) in [6.45, 7) is 1.16. The average molecular weight is 336 g/mol. The number of benzene rings is 1. The van der Waals surface area contributed by atoms with E-state index in [0.29, 0.717) is 23.7 Å². The fourth-order valence-corrected chi connectivity index (χ4v) is 2.55. The Hall–Kier alpha value is -1.89. The van der Waals surface area contributed by atoms with Crippen molar-refractivity contribution in [2.45, 2.75) is 32.1 Å². The molecule has 0 aliphatic carbocycles. The number of nitrogens with zero attached hydrogens (tertiary/aromatic N) is 2. The number of carbonyl (C=O) groups is 1. The Morgan fingerprint density at radius 2 is 2.30 bits per heavy atom. The number of amides is 1. The molecular weight excluding hydrogens is 318 g/mol. The predicted molar refractivity (Wildman–Crippen MR) is 84.9 cm³/mol. The maximum absolute atomic E-state index is 12.0. The van der Waals surface area contributed by atoms with Crippen molar-refractivity contribution in [3.8, 4) is 0 Å².